The molecule has 3 rings (SSSR count). The Kier molecular flexibility index (Phi) is 7.50. The number of rotatable bonds is 5. The quantitative estimate of drug-likeness (QED) is 0.535. The molecule has 0 aromatic rings. The van der Waals surface area contributed by atoms with Crippen LogP contribution in [0.25, 0.3) is 0 Å². The van der Waals surface area contributed by atoms with Gasteiger partial charge in [0.1, 0.15) is 18.5 Å². The summed E-state index contributed by atoms with van der Waals surface area (Å²) in [6.07, 6.45) is 1.99. The zero-order valence-corrected chi connectivity index (χ0v) is 22.2. The summed E-state index contributed by atoms with van der Waals surface area (Å²) < 4.78 is 33.1. The van der Waals surface area contributed by atoms with Crippen LogP contribution in [0.4, 0.5) is 9.59 Å². The number of aliphatic hydroxyl groups is 1. The second-order valence-corrected chi connectivity index (χ2v) is 13.6. The van der Waals surface area contributed by atoms with Crippen molar-refractivity contribution < 1.29 is 37.4 Å². The number of ketones is 1. The number of ether oxygens (including phenoxy) is 2. The Balaban J connectivity index is 1.91. The molecule has 0 aromatic carbocycles. The summed E-state index contributed by atoms with van der Waals surface area (Å²) in [7, 11) is -3.33. The molecular weight excluding hydrogens is 474 g/mol. The van der Waals surface area contributed by atoms with Crippen LogP contribution in [0.1, 0.15) is 59.8 Å². The number of alkyl carbamates (subject to hydrolysis) is 2. The summed E-state index contributed by atoms with van der Waals surface area (Å²) >= 11 is 0. The summed E-state index contributed by atoms with van der Waals surface area (Å²) in [6.45, 7) is 11.5. The first kappa shape index (κ1) is 27.6. The first-order valence-electron chi connectivity index (χ1n) is 12.3. The predicted molar refractivity (Wildman–Crippen MR) is 129 cm³/mol. The van der Waals surface area contributed by atoms with Crippen LogP contribution < -0.4 is 5.32 Å². The Bertz CT molecular complexity index is 995. The molecule has 2 bridgehead atoms. The number of hydrogen-bond donors (Lipinski definition) is 2. The third kappa shape index (κ3) is 4.88. The zero-order chi connectivity index (χ0) is 26.4. The number of imide groups is 1. The van der Waals surface area contributed by atoms with Crippen molar-refractivity contribution in [3.05, 3.63) is 12.7 Å². The van der Waals surface area contributed by atoms with E-state index in [9.17, 15) is 27.9 Å². The van der Waals surface area contributed by atoms with Crippen molar-refractivity contribution in [3.63, 3.8) is 0 Å². The monoisotopic (exact) mass is 513 g/mol. The highest BCUT2D eigenvalue weighted by molar-refractivity contribution is 7.90. The van der Waals surface area contributed by atoms with Gasteiger partial charge in [0.05, 0.1) is 11.9 Å². The molecule has 0 aliphatic heterocycles. The van der Waals surface area contributed by atoms with Gasteiger partial charge in [0.25, 0.3) is 0 Å². The molecule has 3 fully saturated rings. The van der Waals surface area contributed by atoms with E-state index in [1.165, 1.54) is 0 Å². The van der Waals surface area contributed by atoms with Gasteiger partial charge in [-0.25, -0.2) is 23.3 Å². The molecule has 3 saturated carbocycles. The third-order valence-electron chi connectivity index (χ3n) is 9.44. The van der Waals surface area contributed by atoms with Crippen molar-refractivity contribution >= 4 is 27.8 Å². The van der Waals surface area contributed by atoms with Gasteiger partial charge in [-0.3, -0.25) is 4.79 Å². The lowest BCUT2D eigenvalue weighted by Crippen LogP contribution is -2.63. The van der Waals surface area contributed by atoms with Crippen molar-refractivity contribution in [2.24, 2.45) is 34.0 Å². The second-order valence-electron chi connectivity index (χ2n) is 11.4. The lowest BCUT2D eigenvalue weighted by Gasteiger charge is -2.61. The van der Waals surface area contributed by atoms with E-state index < -0.39 is 57.1 Å². The molecule has 35 heavy (non-hydrogen) atoms. The molecule has 3 aliphatic carbocycles. The summed E-state index contributed by atoms with van der Waals surface area (Å²) in [5.41, 5.74) is -1.89. The van der Waals surface area contributed by atoms with E-state index >= 15 is 0 Å². The summed E-state index contributed by atoms with van der Waals surface area (Å²) in [5.74, 6) is -0.702. The molecule has 0 aromatic heterocycles. The van der Waals surface area contributed by atoms with Gasteiger partial charge in [0, 0.05) is 29.4 Å². The fraction of sp³-hybridized carbons (Fsp3) is 0.800. The molecule has 0 spiro atoms. The van der Waals surface area contributed by atoms with Gasteiger partial charge in [-0.1, -0.05) is 33.8 Å². The Labute approximate surface area is 207 Å². The molecule has 10 heteroatoms. The standard InChI is InChI=1S/C25H39NO8S/c1-7-23(4)14-18(34-22(30)26-21(29)33-12-13-35(6,31)32)24(5)15(2)8-10-25(16(3)20(23)28)11-9-17(27)19(24)25/h7,15-16,18-20,28H,1,8-14H2,2-6H3,(H,26,29,30)/t15?,16-,18+,19-,20-,23+,24+,25-/m0/s1. The normalized spacial score (nSPS) is 41.2. The SMILES string of the molecule is C=C[C@]1(C)C[C@@H](OC(=O)NC(=O)OCCS(C)(=O)=O)[C@@]2(C)C(C)CC[C@]3(CCC(=O)[C@H]32)[C@@H](C)[C@@H]1O. The summed E-state index contributed by atoms with van der Waals surface area (Å²) in [4.78, 5) is 38.2. The lowest BCUT2D eigenvalue weighted by molar-refractivity contribution is -0.191. The van der Waals surface area contributed by atoms with Crippen molar-refractivity contribution in [1.82, 2.24) is 5.32 Å². The Morgan fingerprint density at radius 1 is 1.23 bits per heavy atom. The molecule has 3 aliphatic rings. The maximum absolute atomic E-state index is 13.3. The highest BCUT2D eigenvalue weighted by atomic mass is 32.2. The highest BCUT2D eigenvalue weighted by Gasteiger charge is 2.68. The van der Waals surface area contributed by atoms with Gasteiger partial charge >= 0.3 is 12.2 Å². The van der Waals surface area contributed by atoms with E-state index in [2.05, 4.69) is 13.5 Å². The predicted octanol–water partition coefficient (Wildman–Crippen LogP) is 3.26. The van der Waals surface area contributed by atoms with E-state index in [4.69, 9.17) is 9.47 Å². The average molecular weight is 514 g/mol. The Morgan fingerprint density at radius 3 is 2.49 bits per heavy atom. The molecule has 2 amide bonds. The van der Waals surface area contributed by atoms with Crippen molar-refractivity contribution in [2.45, 2.75) is 72.0 Å². The maximum atomic E-state index is 13.3. The van der Waals surface area contributed by atoms with Crippen LogP contribution in [0.2, 0.25) is 0 Å². The first-order valence-corrected chi connectivity index (χ1v) is 14.3. The summed E-state index contributed by atoms with van der Waals surface area (Å²) in [5, 5.41) is 13.5. The Hall–Kier alpha value is -1.94. The number of carbonyl (C=O) groups excluding carboxylic acids is 3. The van der Waals surface area contributed by atoms with Crippen molar-refractivity contribution in [1.29, 1.82) is 0 Å². The lowest BCUT2D eigenvalue weighted by atomic mass is 9.44. The average Bonchev–Trinajstić information content (AvgIpc) is 3.11. The van der Waals surface area contributed by atoms with E-state index in [1.54, 1.807) is 6.08 Å². The zero-order valence-electron chi connectivity index (χ0n) is 21.3. The Morgan fingerprint density at radius 2 is 1.89 bits per heavy atom. The molecular formula is C25H39NO8S. The first-order chi connectivity index (χ1) is 16.1. The second kappa shape index (κ2) is 9.50. The molecule has 0 heterocycles. The van der Waals surface area contributed by atoms with Crippen LogP contribution in [-0.4, -0.2) is 62.3 Å². The molecule has 9 nitrogen and oxygen atoms in total. The van der Waals surface area contributed by atoms with Crippen molar-refractivity contribution in [3.8, 4) is 0 Å². The number of nitrogens with one attached hydrogen (secondary N) is 1. The largest absolute Gasteiger partial charge is 0.448 e. The minimum absolute atomic E-state index is 0.0543. The van der Waals surface area contributed by atoms with E-state index in [1.807, 2.05) is 26.1 Å². The van der Waals surface area contributed by atoms with Gasteiger partial charge in [-0.2, -0.15) is 0 Å². The topological polar surface area (TPSA) is 136 Å². The smallest absolute Gasteiger partial charge is 0.416 e. The number of sulfone groups is 1. The minimum atomic E-state index is -3.33. The van der Waals surface area contributed by atoms with Crippen molar-refractivity contribution in [2.75, 3.05) is 18.6 Å². The van der Waals surface area contributed by atoms with Crippen LogP contribution in [0, 0.1) is 34.0 Å². The fourth-order valence-electron chi connectivity index (χ4n) is 7.07. The molecule has 8 atom stereocenters. The molecule has 2 N–H and O–H groups in total. The maximum Gasteiger partial charge on any atom is 0.416 e. The number of carbonyl (C=O) groups is 3. The van der Waals surface area contributed by atoms with Gasteiger partial charge in [0.2, 0.25) is 0 Å². The minimum Gasteiger partial charge on any atom is -0.448 e. The van der Waals surface area contributed by atoms with E-state index in [-0.39, 0.29) is 35.7 Å². The van der Waals surface area contributed by atoms with Crippen LogP contribution in [0.3, 0.4) is 0 Å². The fourth-order valence-corrected chi connectivity index (χ4v) is 7.45. The third-order valence-corrected chi connectivity index (χ3v) is 10.4. The van der Waals surface area contributed by atoms with Crippen LogP contribution in [0.5, 0.6) is 0 Å². The van der Waals surface area contributed by atoms with Crippen LogP contribution in [-0.2, 0) is 24.1 Å². The van der Waals surface area contributed by atoms with Gasteiger partial charge in [-0.05, 0) is 42.9 Å². The molecule has 0 radical (unpaired) electrons. The van der Waals surface area contributed by atoms with Crippen LogP contribution >= 0.6 is 0 Å². The number of aliphatic hydroxyl groups excluding tert-OH is 1. The number of Topliss-reactive ketones (excluding diaryl/α,β-unsaturated/α-hetero) is 1. The number of amides is 2. The summed E-state index contributed by atoms with van der Waals surface area (Å²) in [6, 6.07) is 0. The van der Waals surface area contributed by atoms with Gasteiger partial charge < -0.3 is 14.6 Å². The molecule has 1 unspecified atom stereocenters. The number of hydrogen-bond acceptors (Lipinski definition) is 8. The van der Waals surface area contributed by atoms with Gasteiger partial charge in [-0.15, -0.1) is 6.58 Å². The van der Waals surface area contributed by atoms with E-state index in [0.29, 0.717) is 12.8 Å². The molecule has 0 saturated heterocycles. The highest BCUT2D eigenvalue weighted by Crippen LogP contribution is 2.67. The van der Waals surface area contributed by atoms with E-state index in [0.717, 1.165) is 19.1 Å². The van der Waals surface area contributed by atoms with Gasteiger partial charge in [0.15, 0.2) is 9.84 Å². The molecule has 198 valence electrons. The van der Waals surface area contributed by atoms with Crippen LogP contribution in [0.15, 0.2) is 12.7 Å².